The number of pyridine rings is 6. The van der Waals surface area contributed by atoms with Crippen LogP contribution in [-0.4, -0.2) is 142 Å². The number of thiophene rings is 4. The van der Waals surface area contributed by atoms with Crippen molar-refractivity contribution in [2.75, 3.05) is 47.2 Å². The number of nitrogens with zero attached hydrogens (tertiary/aromatic N) is 15. The van der Waals surface area contributed by atoms with Crippen LogP contribution in [0.4, 0.5) is 23.1 Å². The zero-order valence-electron chi connectivity index (χ0n) is 76.3. The topological polar surface area (TPSA) is 370 Å². The molecule has 0 saturated carbocycles. The van der Waals surface area contributed by atoms with Crippen LogP contribution in [0.25, 0.3) is 74.1 Å². The summed E-state index contributed by atoms with van der Waals surface area (Å²) >= 11 is 31.4. The fraction of sp³-hybridized carbons (Fsp3) is 0.292. The van der Waals surface area contributed by atoms with Crippen LogP contribution in [0.15, 0.2) is 201 Å². The molecule has 708 valence electrons. The number of carbonyl (C=O) groups is 8. The highest BCUT2D eigenvalue weighted by atomic mass is 35.5. The van der Waals surface area contributed by atoms with Crippen LogP contribution in [-0.2, 0) is 75.5 Å². The maximum absolute atomic E-state index is 13.3. The minimum absolute atomic E-state index is 0.122. The van der Waals surface area contributed by atoms with Crippen molar-refractivity contribution in [2.24, 2.45) is 21.7 Å². The Morgan fingerprint density at radius 3 is 1.20 bits per heavy atom. The largest absolute Gasteiger partial charge is 0.378 e. The third-order valence-corrected chi connectivity index (χ3v) is 26.7. The van der Waals surface area contributed by atoms with Crippen molar-refractivity contribution in [3.05, 3.63) is 261 Å². The number of aldehydes is 4. The first kappa shape index (κ1) is 102. The number of hydrogen-bond donors (Lipinski definition) is 3. The van der Waals surface area contributed by atoms with Gasteiger partial charge in [0.2, 0.25) is 0 Å². The van der Waals surface area contributed by atoms with E-state index in [9.17, 15) is 57.5 Å². The number of anilines is 4. The monoisotopic (exact) mass is 2010 g/mol. The molecule has 40 heteroatoms. The summed E-state index contributed by atoms with van der Waals surface area (Å²) < 4.78 is 18.9. The normalized spacial score (nSPS) is 12.2. The van der Waals surface area contributed by atoms with Gasteiger partial charge < -0.3 is 44.8 Å². The van der Waals surface area contributed by atoms with Gasteiger partial charge in [-0.05, 0) is 109 Å². The quantitative estimate of drug-likeness (QED) is 0.0303. The van der Waals surface area contributed by atoms with Crippen molar-refractivity contribution in [1.82, 2.24) is 67.4 Å². The second kappa shape index (κ2) is 45.0. The summed E-state index contributed by atoms with van der Waals surface area (Å²) in [5.74, 6) is 1.21. The average Bonchev–Trinajstić information content (AvgIpc) is 1.56. The van der Waals surface area contributed by atoms with Crippen molar-refractivity contribution in [3.8, 4) is 68.1 Å². The molecule has 0 aliphatic carbocycles. The zero-order chi connectivity index (χ0) is 98.3. The summed E-state index contributed by atoms with van der Waals surface area (Å²) in [5.41, 5.74) is 2.84. The van der Waals surface area contributed by atoms with Gasteiger partial charge in [0.05, 0.1) is 111 Å². The Balaban J connectivity index is 0.000000163. The summed E-state index contributed by atoms with van der Waals surface area (Å²) in [5, 5.41) is 28.7. The summed E-state index contributed by atoms with van der Waals surface area (Å²) in [6, 6.07) is 45.5. The highest BCUT2D eigenvalue weighted by Gasteiger charge is 2.34. The van der Waals surface area contributed by atoms with E-state index in [-0.39, 0.29) is 72.0 Å². The first-order chi connectivity index (χ1) is 64.7. The van der Waals surface area contributed by atoms with E-state index in [1.54, 1.807) is 106 Å². The fourth-order valence-corrected chi connectivity index (χ4v) is 19.0. The van der Waals surface area contributed by atoms with Crippen LogP contribution in [0.5, 0.6) is 0 Å². The number of morpholine rings is 1. The van der Waals surface area contributed by atoms with E-state index in [4.69, 9.17) is 51.1 Å². The number of ether oxygens (including phenoxy) is 1. The number of nitrogens with one attached hydrogen (secondary N) is 3. The molecule has 1 saturated heterocycles. The van der Waals surface area contributed by atoms with Crippen LogP contribution < -0.4 is 43.1 Å². The fourth-order valence-electron chi connectivity index (χ4n) is 13.8. The van der Waals surface area contributed by atoms with Gasteiger partial charge in [-0.25, -0.2) is 0 Å². The number of thioether (sulfide) groups is 1. The lowest BCUT2D eigenvalue weighted by molar-refractivity contribution is -0.109. The van der Waals surface area contributed by atoms with Crippen molar-refractivity contribution in [3.63, 3.8) is 0 Å². The predicted molar refractivity (Wildman–Crippen MR) is 541 cm³/mol. The van der Waals surface area contributed by atoms with Crippen LogP contribution in [0, 0.1) is 21.7 Å². The minimum atomic E-state index is -0.713. The minimum Gasteiger partial charge on any atom is -0.378 e. The Kier molecular flexibility index (Phi) is 33.9. The summed E-state index contributed by atoms with van der Waals surface area (Å²) in [4.78, 5) is 165. The van der Waals surface area contributed by atoms with Gasteiger partial charge in [-0.2, -0.15) is 39.1 Å². The van der Waals surface area contributed by atoms with Gasteiger partial charge in [-0.1, -0.05) is 154 Å². The van der Waals surface area contributed by atoms with Crippen LogP contribution in [0.3, 0.4) is 0 Å². The molecular formula is C96H98Cl4N18O13S5. The summed E-state index contributed by atoms with van der Waals surface area (Å²) in [6.07, 6.45) is 7.51. The predicted octanol–water partition coefficient (Wildman–Crippen LogP) is 19.0. The highest BCUT2D eigenvalue weighted by molar-refractivity contribution is 7.98. The number of aromatic nitrogens is 14. The molecule has 1 aliphatic heterocycles. The molecular weight excluding hydrogens is 1920 g/mol. The van der Waals surface area contributed by atoms with E-state index in [1.165, 1.54) is 112 Å². The zero-order valence-corrected chi connectivity index (χ0v) is 83.4. The second-order valence-corrected chi connectivity index (χ2v) is 43.0. The third kappa shape index (κ3) is 25.2. The van der Waals surface area contributed by atoms with E-state index < -0.39 is 21.7 Å². The van der Waals surface area contributed by atoms with Gasteiger partial charge in [-0.3, -0.25) is 66.6 Å². The van der Waals surface area contributed by atoms with Crippen molar-refractivity contribution in [1.29, 1.82) is 0 Å². The molecule has 14 aromatic rings. The molecule has 0 aromatic carbocycles. The molecule has 0 bridgehead atoms. The Hall–Kier alpha value is -12.5. The van der Waals surface area contributed by atoms with Crippen molar-refractivity contribution < 1.29 is 43.1 Å². The molecule has 0 atom stereocenters. The van der Waals surface area contributed by atoms with Crippen molar-refractivity contribution >= 4 is 182 Å². The Morgan fingerprint density at radius 1 is 0.419 bits per heavy atom. The number of rotatable bonds is 28. The average molecular weight is 2010 g/mol. The van der Waals surface area contributed by atoms with Crippen LogP contribution in [0.1, 0.15) is 127 Å². The number of hydrogen-bond acceptors (Lipinski definition) is 28. The molecule has 136 heavy (non-hydrogen) atoms. The molecule has 0 radical (unpaired) electrons. The second-order valence-electron chi connectivity index (χ2n) is 34.8. The SMILES string of the molecule is C=Cc1cc(-c2cc(NCc3ccc(Cl)s3)n(C(=O)C(C)(C)C)n2)n(CC=O)c(=O)c1.CC(C)(C)C(=O)n1nc(-c2c(-c3ccccn3)ccc(=O)n2CC=O)cc1NCc1ccc(Cl)s1.CC(C)(C)C(=O)n1nc(-c2c(-c3ccccn3)ccc(=O)n2CC=O)cc1SCc1ccc(Cl)s1.CC(C)(C)C(=O)n1nc(-c2ccc(N3CCOCC3)c(=O)n2CC=O)cc1NCc1ccc(Cl)s1. The van der Waals surface area contributed by atoms with Gasteiger partial charge in [-0.15, -0.1) is 57.1 Å². The Labute approximate surface area is 822 Å². The van der Waals surface area contributed by atoms with Gasteiger partial charge in [0, 0.05) is 126 Å². The van der Waals surface area contributed by atoms with Crippen LogP contribution >= 0.6 is 104 Å². The number of halogens is 4. The molecule has 31 nitrogen and oxygen atoms in total. The first-order valence-electron chi connectivity index (χ1n) is 42.6. The summed E-state index contributed by atoms with van der Waals surface area (Å²) in [7, 11) is 0. The lowest BCUT2D eigenvalue weighted by Gasteiger charge is -2.28. The standard InChI is InChI=1S/C25H24ClN5O3S.C25H23ClN4O3S2.C24H28ClN5O4S.C22H23ClN4O3S/c1-25(2,3)24(34)31-21(28-15-16-7-9-20(26)35-16)14-19(29-31)23-17(18-6-4-5-11-27-18)8-10-22(33)30(23)12-13-32;1-25(2,3)24(33)30-22(34-15-16-7-9-20(26)35-16)14-19(28-30)23-17(18-6-4-5-11-27-18)8-10-21(32)29(23)12-13-31;1-24(2,3)23(33)30-21(26-15-16-4-7-20(25)35-16)14-17(27-30)18-5-6-19(22(32)29(18)8-11-31)28-9-12-34-13-10-28;1-5-14-10-17(26(8-9-28)20(29)11-14)16-12-19(24-13-15-6-7-18(23)31-15)27(25-16)21(30)22(2,3)4/h4-11,13-14,28H,12,15H2,1-3H3;4-11,13-14H,12,15H2,1-3H3;4-7,11,14,26H,8-10,12-13,15H2,1-3H3;5-7,9-12,24H,1,8,13H2,2-4H3. The molecule has 1 aliphatic rings. The molecule has 3 N–H and O–H groups in total. The summed E-state index contributed by atoms with van der Waals surface area (Å²) in [6.45, 7) is 28.6. The molecule has 15 heterocycles. The van der Waals surface area contributed by atoms with Crippen LogP contribution in [0.2, 0.25) is 17.3 Å². The van der Waals surface area contributed by atoms with Gasteiger partial charge in [0.15, 0.2) is 0 Å². The molecule has 14 aromatic heterocycles. The Bertz CT molecular complexity index is 6780. The molecule has 0 unspecified atom stereocenters. The van der Waals surface area contributed by atoms with E-state index in [1.807, 2.05) is 140 Å². The maximum Gasteiger partial charge on any atom is 0.275 e. The van der Waals surface area contributed by atoms with Crippen molar-refractivity contribution in [2.45, 2.75) is 140 Å². The lowest BCUT2D eigenvalue weighted by atomic mass is 9.96. The van der Waals surface area contributed by atoms with E-state index in [0.717, 1.165) is 19.5 Å². The molecule has 15 rings (SSSR count). The molecule has 0 amide bonds. The van der Waals surface area contributed by atoms with Gasteiger partial charge in [0.25, 0.3) is 45.9 Å². The van der Waals surface area contributed by atoms with E-state index >= 15 is 0 Å². The lowest BCUT2D eigenvalue weighted by Crippen LogP contribution is -2.40. The third-order valence-electron chi connectivity index (χ3n) is 20.5. The molecule has 1 fully saturated rings. The smallest absolute Gasteiger partial charge is 0.275 e. The number of carbonyl (C=O) groups excluding carboxylic acids is 8. The highest BCUT2D eigenvalue weighted by Crippen LogP contribution is 2.39. The van der Waals surface area contributed by atoms with E-state index in [2.05, 4.69) is 52.9 Å². The Morgan fingerprint density at radius 2 is 0.801 bits per heavy atom. The maximum atomic E-state index is 13.3. The van der Waals surface area contributed by atoms with Gasteiger partial charge >= 0.3 is 0 Å². The van der Waals surface area contributed by atoms with E-state index in [0.29, 0.717) is 196 Å². The first-order valence-corrected chi connectivity index (χ1v) is 48.4. The van der Waals surface area contributed by atoms with Gasteiger partial charge in [0.1, 0.15) is 76.1 Å². The molecule has 0 spiro atoms.